The lowest BCUT2D eigenvalue weighted by atomic mass is 10.2. The van der Waals surface area contributed by atoms with Crippen molar-refractivity contribution in [2.45, 2.75) is 13.3 Å². The van der Waals surface area contributed by atoms with Crippen LogP contribution in [-0.4, -0.2) is 65.7 Å². The zero-order valence-corrected chi connectivity index (χ0v) is 19.8. The molecule has 0 aliphatic carbocycles. The van der Waals surface area contributed by atoms with Crippen molar-refractivity contribution in [3.8, 4) is 17.4 Å². The summed E-state index contributed by atoms with van der Waals surface area (Å²) in [4.78, 5) is 9.62. The molecule has 4 aromatic rings. The first-order valence-electron chi connectivity index (χ1n) is 11.7. The van der Waals surface area contributed by atoms with E-state index in [1.807, 2.05) is 30.3 Å². The maximum Gasteiger partial charge on any atom is 0.219 e. The van der Waals surface area contributed by atoms with E-state index in [0.29, 0.717) is 12.5 Å². The van der Waals surface area contributed by atoms with Gasteiger partial charge in [-0.15, -0.1) is 0 Å². The highest BCUT2D eigenvalue weighted by Gasteiger charge is 2.13. The zero-order valence-electron chi connectivity index (χ0n) is 19.8. The number of benzene rings is 2. The van der Waals surface area contributed by atoms with Gasteiger partial charge in [-0.1, -0.05) is 0 Å². The second-order valence-electron chi connectivity index (χ2n) is 9.02. The number of aryl methyl sites for hydroxylation is 2. The molecule has 3 heterocycles. The van der Waals surface area contributed by atoms with Crippen LogP contribution in [0.5, 0.6) is 17.4 Å². The summed E-state index contributed by atoms with van der Waals surface area (Å²) < 4.78 is 14.3. The smallest absolute Gasteiger partial charge is 0.219 e. The molecule has 0 N–H and O–H groups in total. The molecule has 1 saturated heterocycles. The van der Waals surface area contributed by atoms with Crippen molar-refractivity contribution in [3.63, 3.8) is 0 Å². The highest BCUT2D eigenvalue weighted by Crippen LogP contribution is 2.28. The van der Waals surface area contributed by atoms with Crippen molar-refractivity contribution in [1.82, 2.24) is 19.4 Å². The first-order valence-corrected chi connectivity index (χ1v) is 11.7. The summed E-state index contributed by atoms with van der Waals surface area (Å²) in [6.07, 6.45) is 1.03. The molecule has 0 saturated carbocycles. The number of hydrogen-bond acceptors (Lipinski definition) is 5. The quantitative estimate of drug-likeness (QED) is 0.382. The fraction of sp³-hybridized carbons (Fsp3) is 0.370. The van der Waals surface area contributed by atoms with E-state index in [4.69, 9.17) is 14.5 Å². The van der Waals surface area contributed by atoms with E-state index >= 15 is 0 Å². The first kappa shape index (κ1) is 21.7. The number of aromatic nitrogens is 2. The van der Waals surface area contributed by atoms with Gasteiger partial charge in [0.25, 0.3) is 0 Å². The molecule has 6 nitrogen and oxygen atoms in total. The van der Waals surface area contributed by atoms with Gasteiger partial charge in [0.15, 0.2) is 0 Å². The number of rotatable bonds is 7. The number of nitrogens with zero attached hydrogens (tertiary/aromatic N) is 4. The number of ether oxygens (including phenoxy) is 2. The molecule has 0 amide bonds. The van der Waals surface area contributed by atoms with Gasteiger partial charge in [-0.25, -0.2) is 4.98 Å². The number of hydrogen-bond donors (Lipinski definition) is 0. The van der Waals surface area contributed by atoms with E-state index < -0.39 is 0 Å². The largest absolute Gasteiger partial charge is 0.493 e. The molecule has 0 unspecified atom stereocenters. The molecule has 0 atom stereocenters. The molecule has 1 aliphatic rings. The van der Waals surface area contributed by atoms with Crippen LogP contribution in [0.4, 0.5) is 0 Å². The predicted molar refractivity (Wildman–Crippen MR) is 134 cm³/mol. The number of pyridine rings is 1. The second-order valence-corrected chi connectivity index (χ2v) is 9.02. The van der Waals surface area contributed by atoms with Crippen molar-refractivity contribution < 1.29 is 9.47 Å². The Morgan fingerprint density at radius 2 is 1.64 bits per heavy atom. The molecule has 33 heavy (non-hydrogen) atoms. The van der Waals surface area contributed by atoms with Gasteiger partial charge in [-0.2, -0.15) is 0 Å². The van der Waals surface area contributed by atoms with Crippen LogP contribution < -0.4 is 9.47 Å². The minimum atomic E-state index is 0.585. The van der Waals surface area contributed by atoms with Gasteiger partial charge in [-0.05, 0) is 62.9 Å². The Labute approximate surface area is 195 Å². The first-order chi connectivity index (χ1) is 16.0. The third-order valence-corrected chi connectivity index (χ3v) is 6.60. The molecular formula is C27H32N4O2. The van der Waals surface area contributed by atoms with E-state index in [1.54, 1.807) is 0 Å². The third kappa shape index (κ3) is 4.97. The van der Waals surface area contributed by atoms with Crippen molar-refractivity contribution >= 4 is 21.8 Å². The Morgan fingerprint density at radius 1 is 0.848 bits per heavy atom. The fourth-order valence-corrected chi connectivity index (χ4v) is 4.42. The summed E-state index contributed by atoms with van der Waals surface area (Å²) in [5.41, 5.74) is 3.29. The topological polar surface area (TPSA) is 42.8 Å². The van der Waals surface area contributed by atoms with E-state index in [-0.39, 0.29) is 0 Å². The summed E-state index contributed by atoms with van der Waals surface area (Å²) in [5, 5.41) is 2.24. The average Bonchev–Trinajstić information content (AvgIpc) is 3.10. The lowest BCUT2D eigenvalue weighted by Crippen LogP contribution is -2.44. The van der Waals surface area contributed by atoms with Crippen LogP contribution >= 0.6 is 0 Å². The maximum absolute atomic E-state index is 6.09. The van der Waals surface area contributed by atoms with Crippen molar-refractivity contribution in [1.29, 1.82) is 0 Å². The third-order valence-electron chi connectivity index (χ3n) is 6.60. The SMILES string of the molecule is Cc1cc2cc(Oc3ccc4ccc(OCCCN5CCN(C)CC5)cc4n3)ccc2n1C. The Balaban J connectivity index is 1.22. The van der Waals surface area contributed by atoms with Crippen LogP contribution in [-0.2, 0) is 7.05 Å². The average molecular weight is 445 g/mol. The molecule has 1 aliphatic heterocycles. The predicted octanol–water partition coefficient (Wildman–Crippen LogP) is 4.84. The van der Waals surface area contributed by atoms with E-state index in [2.05, 4.69) is 59.7 Å². The standard InChI is InChI=1S/C27H32N4O2/c1-20-17-22-18-24(8-9-26(22)30(20)3)33-27-10-6-21-5-7-23(19-25(21)28-27)32-16-4-11-31-14-12-29(2)13-15-31/h5-10,17-19H,4,11-16H2,1-3H3. The summed E-state index contributed by atoms with van der Waals surface area (Å²) in [6, 6.07) is 18.4. The number of likely N-dealkylation sites (N-methyl/N-ethyl adjacent to an activating group) is 1. The molecular weight excluding hydrogens is 412 g/mol. The van der Waals surface area contributed by atoms with Crippen LogP contribution in [0.3, 0.4) is 0 Å². The Kier molecular flexibility index (Phi) is 6.20. The fourth-order valence-electron chi connectivity index (χ4n) is 4.42. The second kappa shape index (κ2) is 9.41. The molecule has 0 bridgehead atoms. The maximum atomic E-state index is 6.09. The van der Waals surface area contributed by atoms with Gasteiger partial charge in [0.05, 0.1) is 12.1 Å². The molecule has 2 aromatic carbocycles. The molecule has 0 spiro atoms. The number of piperazine rings is 1. The van der Waals surface area contributed by atoms with Gasteiger partial charge in [-0.3, -0.25) is 0 Å². The van der Waals surface area contributed by atoms with Gasteiger partial charge in [0.2, 0.25) is 5.88 Å². The number of fused-ring (bicyclic) bond motifs is 2. The van der Waals surface area contributed by atoms with Crippen LogP contribution in [0, 0.1) is 6.92 Å². The van der Waals surface area contributed by atoms with Crippen molar-refractivity contribution in [3.05, 3.63) is 60.3 Å². The van der Waals surface area contributed by atoms with Gasteiger partial charge < -0.3 is 23.8 Å². The normalized spacial score (nSPS) is 15.4. The minimum absolute atomic E-state index is 0.585. The monoisotopic (exact) mass is 444 g/mol. The van der Waals surface area contributed by atoms with E-state index in [9.17, 15) is 0 Å². The summed E-state index contributed by atoms with van der Waals surface area (Å²) in [6.45, 7) is 8.51. The van der Waals surface area contributed by atoms with E-state index in [0.717, 1.165) is 61.5 Å². The molecule has 2 aromatic heterocycles. The van der Waals surface area contributed by atoms with Crippen LogP contribution in [0.1, 0.15) is 12.1 Å². The molecule has 1 fully saturated rings. The highest BCUT2D eigenvalue weighted by molar-refractivity contribution is 5.83. The minimum Gasteiger partial charge on any atom is -0.493 e. The highest BCUT2D eigenvalue weighted by atomic mass is 16.5. The van der Waals surface area contributed by atoms with Crippen molar-refractivity contribution in [2.75, 3.05) is 46.4 Å². The molecule has 6 heteroatoms. The molecule has 172 valence electrons. The van der Waals surface area contributed by atoms with Gasteiger partial charge >= 0.3 is 0 Å². The van der Waals surface area contributed by atoms with E-state index in [1.165, 1.54) is 16.6 Å². The molecule has 5 rings (SSSR count). The van der Waals surface area contributed by atoms with Crippen LogP contribution in [0.25, 0.3) is 21.8 Å². The van der Waals surface area contributed by atoms with Crippen LogP contribution in [0.15, 0.2) is 54.6 Å². The summed E-state index contributed by atoms with van der Waals surface area (Å²) >= 11 is 0. The van der Waals surface area contributed by atoms with Gasteiger partial charge in [0.1, 0.15) is 11.5 Å². The zero-order chi connectivity index (χ0) is 22.8. The Bertz CT molecular complexity index is 1260. The molecule has 0 radical (unpaired) electrons. The van der Waals surface area contributed by atoms with Crippen LogP contribution in [0.2, 0.25) is 0 Å². The Hall–Kier alpha value is -3.09. The summed E-state index contributed by atoms with van der Waals surface area (Å²) in [5.74, 6) is 2.23. The summed E-state index contributed by atoms with van der Waals surface area (Å²) in [7, 11) is 4.27. The Morgan fingerprint density at radius 3 is 2.48 bits per heavy atom. The van der Waals surface area contributed by atoms with Crippen molar-refractivity contribution in [2.24, 2.45) is 7.05 Å². The lowest BCUT2D eigenvalue weighted by Gasteiger charge is -2.32. The van der Waals surface area contributed by atoms with Gasteiger partial charge in [0, 0.05) is 73.9 Å². The lowest BCUT2D eigenvalue weighted by molar-refractivity contribution is 0.145.